The van der Waals surface area contributed by atoms with E-state index in [9.17, 15) is 0 Å². The van der Waals surface area contributed by atoms with Gasteiger partial charge in [-0.25, -0.2) is 4.98 Å². The molecule has 0 spiro atoms. The number of ether oxygens (including phenoxy) is 1. The molecule has 5 nitrogen and oxygen atoms in total. The van der Waals surface area contributed by atoms with E-state index in [4.69, 9.17) is 43.3 Å². The topological polar surface area (TPSA) is 82.3 Å². The van der Waals surface area contributed by atoms with Gasteiger partial charge < -0.3 is 10.5 Å². The molecule has 0 aromatic carbocycles. The summed E-state index contributed by atoms with van der Waals surface area (Å²) in [5.41, 5.74) is 6.63. The van der Waals surface area contributed by atoms with Crippen LogP contribution in [0.5, 0.6) is 5.88 Å². The number of nitrogen functional groups attached to an aromatic ring is 1. The first-order valence-corrected chi connectivity index (χ1v) is 4.98. The van der Waals surface area contributed by atoms with Gasteiger partial charge in [0, 0.05) is 0 Å². The molecule has 0 saturated heterocycles. The normalized spacial score (nSPS) is 8.75. The van der Waals surface area contributed by atoms with Crippen molar-refractivity contribution in [1.29, 1.82) is 0 Å². The maximum atomic E-state index is 8.12. The van der Waals surface area contributed by atoms with Gasteiger partial charge in [0.05, 0.1) is 23.0 Å². The van der Waals surface area contributed by atoms with Crippen molar-refractivity contribution in [1.82, 2.24) is 4.98 Å². The van der Waals surface area contributed by atoms with E-state index in [1.54, 1.807) is 6.92 Å². The molecule has 0 unspecified atom stereocenters. The van der Waals surface area contributed by atoms with Crippen LogP contribution in [0.1, 0.15) is 12.6 Å². The van der Waals surface area contributed by atoms with E-state index in [1.165, 1.54) is 0 Å². The van der Waals surface area contributed by atoms with Gasteiger partial charge in [0.15, 0.2) is 0 Å². The third kappa shape index (κ3) is 3.70. The van der Waals surface area contributed by atoms with Crippen LogP contribution in [0.2, 0.25) is 10.0 Å². The van der Waals surface area contributed by atoms with Gasteiger partial charge in [-0.2, -0.15) is 9.59 Å². The zero-order valence-corrected chi connectivity index (χ0v) is 10.2. The van der Waals surface area contributed by atoms with Crippen LogP contribution in [0.15, 0.2) is 0 Å². The zero-order chi connectivity index (χ0) is 12.7. The predicted octanol–water partition coefficient (Wildman–Crippen LogP) is 2.09. The average molecular weight is 265 g/mol. The van der Waals surface area contributed by atoms with Crippen molar-refractivity contribution in [3.8, 4) is 5.88 Å². The predicted molar refractivity (Wildman–Crippen MR) is 59.6 cm³/mol. The molecule has 0 aliphatic heterocycles. The molecule has 0 radical (unpaired) electrons. The second-order valence-corrected chi connectivity index (χ2v) is 3.32. The Morgan fingerprint density at radius 1 is 1.38 bits per heavy atom. The highest BCUT2D eigenvalue weighted by Gasteiger charge is 2.13. The first-order valence-electron chi connectivity index (χ1n) is 4.22. The summed E-state index contributed by atoms with van der Waals surface area (Å²) >= 11 is 11.7. The van der Waals surface area contributed by atoms with Gasteiger partial charge in [-0.3, -0.25) is 0 Å². The molecule has 0 fully saturated rings. The van der Waals surface area contributed by atoms with Gasteiger partial charge in [-0.1, -0.05) is 23.2 Å². The van der Waals surface area contributed by atoms with Gasteiger partial charge in [-0.15, -0.1) is 0 Å². The van der Waals surface area contributed by atoms with Crippen molar-refractivity contribution in [2.24, 2.45) is 0 Å². The Kier molecular flexibility index (Phi) is 6.49. The summed E-state index contributed by atoms with van der Waals surface area (Å²) in [4.78, 5) is 20.3. The Hall–Kier alpha value is -1.29. The van der Waals surface area contributed by atoms with Crippen molar-refractivity contribution in [2.75, 3.05) is 12.3 Å². The first-order chi connectivity index (χ1) is 7.49. The fraction of sp³-hybridized carbons (Fsp3) is 0.333. The van der Waals surface area contributed by atoms with Crippen LogP contribution in [0.25, 0.3) is 0 Å². The highest BCUT2D eigenvalue weighted by Crippen LogP contribution is 2.35. The lowest BCUT2D eigenvalue weighted by molar-refractivity contribution is -0.191. The number of halogens is 2. The summed E-state index contributed by atoms with van der Waals surface area (Å²) in [5, 5.41) is 0.573. The molecular formula is C9H10Cl2N2O3. The highest BCUT2D eigenvalue weighted by atomic mass is 35.5. The van der Waals surface area contributed by atoms with Crippen LogP contribution in [-0.4, -0.2) is 17.7 Å². The molecule has 7 heteroatoms. The van der Waals surface area contributed by atoms with Crippen LogP contribution in [0, 0.1) is 6.92 Å². The summed E-state index contributed by atoms with van der Waals surface area (Å²) < 4.78 is 5.17. The van der Waals surface area contributed by atoms with Gasteiger partial charge in [0.2, 0.25) is 5.88 Å². The van der Waals surface area contributed by atoms with E-state index in [0.29, 0.717) is 28.9 Å². The minimum atomic E-state index is 0.250. The first kappa shape index (κ1) is 14.7. The molecule has 0 aliphatic rings. The minimum absolute atomic E-state index is 0.250. The van der Waals surface area contributed by atoms with Crippen molar-refractivity contribution in [3.63, 3.8) is 0 Å². The number of aromatic nitrogens is 1. The number of nitrogens with zero attached hydrogens (tertiary/aromatic N) is 1. The van der Waals surface area contributed by atoms with Gasteiger partial charge in [0.25, 0.3) is 0 Å². The van der Waals surface area contributed by atoms with Crippen molar-refractivity contribution < 1.29 is 14.3 Å². The highest BCUT2D eigenvalue weighted by molar-refractivity contribution is 6.44. The lowest BCUT2D eigenvalue weighted by atomic mass is 10.3. The van der Waals surface area contributed by atoms with Gasteiger partial charge in [-0.05, 0) is 13.8 Å². The number of rotatable bonds is 2. The summed E-state index contributed by atoms with van der Waals surface area (Å²) in [5.74, 6) is 0.334. The van der Waals surface area contributed by atoms with Gasteiger partial charge in [0.1, 0.15) is 5.02 Å². The molecule has 1 aromatic rings. The molecule has 1 aromatic heterocycles. The Morgan fingerprint density at radius 2 is 1.88 bits per heavy atom. The van der Waals surface area contributed by atoms with E-state index in [2.05, 4.69) is 4.98 Å². The largest absolute Gasteiger partial charge is 0.477 e. The van der Waals surface area contributed by atoms with Crippen LogP contribution in [0.3, 0.4) is 0 Å². The Balaban J connectivity index is 0.000000673. The fourth-order valence-electron chi connectivity index (χ4n) is 0.865. The fourth-order valence-corrected chi connectivity index (χ4v) is 1.28. The second-order valence-electron chi connectivity index (χ2n) is 2.56. The number of hydrogen-bond donors (Lipinski definition) is 1. The van der Waals surface area contributed by atoms with Crippen molar-refractivity contribution >= 4 is 35.0 Å². The minimum Gasteiger partial charge on any atom is -0.477 e. The van der Waals surface area contributed by atoms with E-state index < -0.39 is 0 Å². The quantitative estimate of drug-likeness (QED) is 0.885. The summed E-state index contributed by atoms with van der Waals surface area (Å²) in [7, 11) is 0. The molecule has 0 bridgehead atoms. The molecule has 0 amide bonds. The molecule has 1 heterocycles. The third-order valence-corrected chi connectivity index (χ3v) is 2.40. The number of aryl methyl sites for hydroxylation is 1. The monoisotopic (exact) mass is 264 g/mol. The molecule has 0 aliphatic carbocycles. The third-order valence-electron chi connectivity index (χ3n) is 1.56. The molecule has 0 atom stereocenters. The number of hydrogen-bond acceptors (Lipinski definition) is 5. The van der Waals surface area contributed by atoms with Crippen LogP contribution in [0.4, 0.5) is 5.69 Å². The molecule has 16 heavy (non-hydrogen) atoms. The standard InChI is InChI=1S/C8H10Cl2N2O.CO2/c1-3-13-8-6(10)5(9)7(11)4(2)12-8;2-1-3/h3,11H2,1-2H3;. The SMILES string of the molecule is CCOc1nc(C)c(N)c(Cl)c1Cl.O=C=O. The number of carbonyl (C=O) groups excluding carboxylic acids is 2. The Morgan fingerprint density at radius 3 is 2.31 bits per heavy atom. The van der Waals surface area contributed by atoms with Crippen molar-refractivity contribution in [3.05, 3.63) is 15.7 Å². The van der Waals surface area contributed by atoms with Gasteiger partial charge >= 0.3 is 6.15 Å². The number of pyridine rings is 1. The van der Waals surface area contributed by atoms with E-state index in [0.717, 1.165) is 0 Å². The molecule has 2 N–H and O–H groups in total. The maximum absolute atomic E-state index is 8.12. The Bertz CT molecular complexity index is 404. The lowest BCUT2D eigenvalue weighted by Crippen LogP contribution is -2.01. The number of nitrogens with two attached hydrogens (primary N) is 1. The van der Waals surface area contributed by atoms with E-state index in [-0.39, 0.29) is 11.2 Å². The van der Waals surface area contributed by atoms with Crippen molar-refractivity contribution in [2.45, 2.75) is 13.8 Å². The maximum Gasteiger partial charge on any atom is 0.373 e. The molecular weight excluding hydrogens is 255 g/mol. The molecule has 1 rings (SSSR count). The van der Waals surface area contributed by atoms with Crippen LogP contribution >= 0.6 is 23.2 Å². The van der Waals surface area contributed by atoms with E-state index in [1.807, 2.05) is 6.92 Å². The summed E-state index contributed by atoms with van der Waals surface area (Å²) in [6, 6.07) is 0. The van der Waals surface area contributed by atoms with Crippen LogP contribution in [-0.2, 0) is 9.59 Å². The summed E-state index contributed by atoms with van der Waals surface area (Å²) in [6.45, 7) is 4.09. The Labute approximate surface area is 102 Å². The van der Waals surface area contributed by atoms with Crippen LogP contribution < -0.4 is 10.5 Å². The second kappa shape index (κ2) is 7.06. The molecule has 88 valence electrons. The summed E-state index contributed by atoms with van der Waals surface area (Å²) in [6.07, 6.45) is 0.250. The van der Waals surface area contributed by atoms with E-state index >= 15 is 0 Å². The molecule has 0 saturated carbocycles. The zero-order valence-electron chi connectivity index (χ0n) is 8.71. The smallest absolute Gasteiger partial charge is 0.373 e. The lowest BCUT2D eigenvalue weighted by Gasteiger charge is -2.09. The average Bonchev–Trinajstić information content (AvgIpc) is 2.24. The number of anilines is 1.